The molecule has 4 aromatic rings. The van der Waals surface area contributed by atoms with Crippen molar-refractivity contribution >= 4 is 24.6 Å². The van der Waals surface area contributed by atoms with Gasteiger partial charge >= 0.3 is 0 Å². The Morgan fingerprint density at radius 1 is 0.825 bits per heavy atom. The van der Waals surface area contributed by atoms with E-state index in [1.165, 1.54) is 35.1 Å². The van der Waals surface area contributed by atoms with Gasteiger partial charge in [0.2, 0.25) is 0 Å². The first kappa shape index (κ1) is 28.4. The molecule has 1 aromatic heterocycles. The van der Waals surface area contributed by atoms with E-state index in [-0.39, 0.29) is 11.5 Å². The van der Waals surface area contributed by atoms with E-state index < -0.39 is 0 Å². The Balaban J connectivity index is 1.52. The standard InChI is InChI=1S/C31H30N2O6S/c1-32(33-17-16-27(40)19-31(33)35)30(34)15-9-22-8-14-28(38-20-23-4-10-25(36-2)11-5-23)29(18-22)39-21-24-6-12-26(37-3)13-7-24/h4-19,40H,20-21H2,1-3H3. The van der Waals surface area contributed by atoms with Gasteiger partial charge in [0.25, 0.3) is 11.5 Å². The van der Waals surface area contributed by atoms with Crippen LogP contribution >= 0.6 is 12.6 Å². The number of likely N-dealkylation sites (N-methyl/N-ethyl adjacent to an activating group) is 1. The summed E-state index contributed by atoms with van der Waals surface area (Å²) < 4.78 is 23.9. The van der Waals surface area contributed by atoms with E-state index in [0.717, 1.165) is 28.2 Å². The van der Waals surface area contributed by atoms with Crippen LogP contribution in [0.25, 0.3) is 6.08 Å². The van der Waals surface area contributed by atoms with Crippen LogP contribution in [0.3, 0.4) is 0 Å². The maximum absolute atomic E-state index is 12.8. The van der Waals surface area contributed by atoms with Crippen LogP contribution in [0.5, 0.6) is 23.0 Å². The predicted molar refractivity (Wildman–Crippen MR) is 157 cm³/mol. The molecule has 9 heteroatoms. The van der Waals surface area contributed by atoms with Crippen LogP contribution in [0, 0.1) is 0 Å². The van der Waals surface area contributed by atoms with Gasteiger partial charge in [0, 0.05) is 30.3 Å². The Kier molecular flexibility index (Phi) is 9.53. The number of aromatic nitrogens is 1. The van der Waals surface area contributed by atoms with Crippen molar-refractivity contribution in [3.8, 4) is 23.0 Å². The van der Waals surface area contributed by atoms with Gasteiger partial charge in [-0.2, -0.15) is 0 Å². The number of benzene rings is 3. The quantitative estimate of drug-likeness (QED) is 0.203. The fraction of sp³-hybridized carbons (Fsp3) is 0.161. The summed E-state index contributed by atoms with van der Waals surface area (Å²) in [5.74, 6) is 2.23. The first-order valence-electron chi connectivity index (χ1n) is 12.4. The number of hydrogen-bond acceptors (Lipinski definition) is 7. The lowest BCUT2D eigenvalue weighted by Crippen LogP contribution is -2.42. The second-order valence-electron chi connectivity index (χ2n) is 8.74. The van der Waals surface area contributed by atoms with E-state index in [4.69, 9.17) is 18.9 Å². The van der Waals surface area contributed by atoms with E-state index in [1.54, 1.807) is 38.5 Å². The van der Waals surface area contributed by atoms with Crippen molar-refractivity contribution in [2.75, 3.05) is 26.3 Å². The van der Waals surface area contributed by atoms with Crippen molar-refractivity contribution < 1.29 is 23.7 Å². The number of methoxy groups -OCH3 is 2. The summed E-state index contributed by atoms with van der Waals surface area (Å²) in [7, 11) is 4.76. The smallest absolute Gasteiger partial charge is 0.270 e. The lowest BCUT2D eigenvalue weighted by molar-refractivity contribution is -0.115. The summed E-state index contributed by atoms with van der Waals surface area (Å²) in [5, 5.41) is 1.22. The molecular weight excluding hydrogens is 528 g/mol. The second kappa shape index (κ2) is 13.4. The molecule has 3 aromatic carbocycles. The Morgan fingerprint density at radius 2 is 1.40 bits per heavy atom. The molecule has 0 aliphatic heterocycles. The highest BCUT2D eigenvalue weighted by atomic mass is 32.1. The maximum atomic E-state index is 12.8. The van der Waals surface area contributed by atoms with Gasteiger partial charge in [-0.1, -0.05) is 30.3 Å². The molecular formula is C31H30N2O6S. The first-order chi connectivity index (χ1) is 19.4. The Bertz CT molecular complexity index is 1530. The van der Waals surface area contributed by atoms with Gasteiger partial charge in [-0.25, -0.2) is 9.69 Å². The molecule has 1 heterocycles. The van der Waals surface area contributed by atoms with Crippen LogP contribution in [-0.2, 0) is 18.0 Å². The second-order valence-corrected chi connectivity index (χ2v) is 9.26. The van der Waals surface area contributed by atoms with Crippen molar-refractivity contribution in [2.45, 2.75) is 18.1 Å². The van der Waals surface area contributed by atoms with Gasteiger partial charge in [-0.15, -0.1) is 12.6 Å². The zero-order valence-electron chi connectivity index (χ0n) is 22.4. The van der Waals surface area contributed by atoms with E-state index in [9.17, 15) is 9.59 Å². The molecule has 206 valence electrons. The van der Waals surface area contributed by atoms with E-state index in [0.29, 0.717) is 29.6 Å². The summed E-state index contributed by atoms with van der Waals surface area (Å²) >= 11 is 4.16. The van der Waals surface area contributed by atoms with Gasteiger partial charge in [-0.05, 0) is 65.2 Å². The van der Waals surface area contributed by atoms with Crippen LogP contribution in [0.4, 0.5) is 0 Å². The molecule has 4 rings (SSSR count). The highest BCUT2D eigenvalue weighted by Gasteiger charge is 2.11. The minimum atomic E-state index is -0.380. The molecule has 0 fully saturated rings. The van der Waals surface area contributed by atoms with Gasteiger partial charge in [-0.3, -0.25) is 9.59 Å². The molecule has 1 amide bonds. The van der Waals surface area contributed by atoms with Crippen LogP contribution in [0.15, 0.2) is 101 Å². The molecule has 0 atom stereocenters. The molecule has 0 spiro atoms. The van der Waals surface area contributed by atoms with Crippen LogP contribution in [0.1, 0.15) is 16.7 Å². The number of pyridine rings is 1. The van der Waals surface area contributed by atoms with Crippen LogP contribution < -0.4 is 29.5 Å². The number of nitrogens with zero attached hydrogens (tertiary/aromatic N) is 2. The maximum Gasteiger partial charge on any atom is 0.270 e. The van der Waals surface area contributed by atoms with E-state index >= 15 is 0 Å². The molecule has 40 heavy (non-hydrogen) atoms. The van der Waals surface area contributed by atoms with Gasteiger partial charge in [0.05, 0.1) is 14.2 Å². The summed E-state index contributed by atoms with van der Waals surface area (Å²) in [6.45, 7) is 0.642. The summed E-state index contributed by atoms with van der Waals surface area (Å²) in [5.41, 5.74) is 2.30. The zero-order valence-corrected chi connectivity index (χ0v) is 23.3. The molecule has 0 N–H and O–H groups in total. The molecule has 0 saturated carbocycles. The van der Waals surface area contributed by atoms with Crippen molar-refractivity contribution in [3.63, 3.8) is 0 Å². The number of rotatable bonds is 11. The summed E-state index contributed by atoms with van der Waals surface area (Å²) in [6, 6.07) is 23.6. The zero-order chi connectivity index (χ0) is 28.5. The van der Waals surface area contributed by atoms with E-state index in [2.05, 4.69) is 12.6 Å². The topological polar surface area (TPSA) is 79.2 Å². The molecule has 0 unspecified atom stereocenters. The number of amides is 1. The predicted octanol–water partition coefficient (Wildman–Crippen LogP) is 5.12. The van der Waals surface area contributed by atoms with Crippen LogP contribution in [0.2, 0.25) is 0 Å². The molecule has 0 bridgehead atoms. The monoisotopic (exact) mass is 558 g/mol. The van der Waals surface area contributed by atoms with Gasteiger partial charge < -0.3 is 18.9 Å². The minimum Gasteiger partial charge on any atom is -0.497 e. The molecule has 8 nitrogen and oxygen atoms in total. The number of carbonyl (C=O) groups is 1. The molecule has 0 saturated heterocycles. The Morgan fingerprint density at radius 3 is 1.95 bits per heavy atom. The Hall–Kier alpha value is -4.63. The average molecular weight is 559 g/mol. The van der Waals surface area contributed by atoms with Crippen molar-refractivity contribution in [3.05, 3.63) is 118 Å². The highest BCUT2D eigenvalue weighted by Crippen LogP contribution is 2.31. The van der Waals surface area contributed by atoms with Crippen molar-refractivity contribution in [1.82, 2.24) is 4.68 Å². The third-order valence-corrected chi connectivity index (χ3v) is 6.30. The van der Waals surface area contributed by atoms with E-state index in [1.807, 2.05) is 54.6 Å². The fourth-order valence-corrected chi connectivity index (χ4v) is 3.89. The number of ether oxygens (including phenoxy) is 4. The SMILES string of the molecule is COc1ccc(COc2ccc(C=CC(=O)N(C)n3ccc(S)cc3=O)cc2OCc2ccc(OC)cc2)cc1. The number of carbonyl (C=O) groups excluding carboxylic acids is 1. The normalized spacial score (nSPS) is 10.8. The lowest BCUT2D eigenvalue weighted by atomic mass is 10.1. The largest absolute Gasteiger partial charge is 0.497 e. The molecule has 0 aliphatic carbocycles. The van der Waals surface area contributed by atoms with Gasteiger partial charge in [0.1, 0.15) is 24.7 Å². The molecule has 0 aliphatic rings. The number of thiol groups is 1. The lowest BCUT2D eigenvalue weighted by Gasteiger charge is -2.17. The third-order valence-electron chi connectivity index (χ3n) is 6.02. The summed E-state index contributed by atoms with van der Waals surface area (Å²) in [6.07, 6.45) is 4.54. The van der Waals surface area contributed by atoms with Crippen LogP contribution in [-0.4, -0.2) is 31.9 Å². The Labute approximate surface area is 238 Å². The van der Waals surface area contributed by atoms with Gasteiger partial charge in [0.15, 0.2) is 11.5 Å². The third kappa shape index (κ3) is 7.48. The molecule has 0 radical (unpaired) electrons. The number of hydrogen-bond donors (Lipinski definition) is 1. The fourth-order valence-electron chi connectivity index (χ4n) is 3.72. The minimum absolute atomic E-state index is 0.307. The summed E-state index contributed by atoms with van der Waals surface area (Å²) in [4.78, 5) is 25.5. The van der Waals surface area contributed by atoms with Crippen molar-refractivity contribution in [2.24, 2.45) is 0 Å². The first-order valence-corrected chi connectivity index (χ1v) is 12.8. The van der Waals surface area contributed by atoms with Crippen molar-refractivity contribution in [1.29, 1.82) is 0 Å². The average Bonchev–Trinajstić information content (AvgIpc) is 2.98. The highest BCUT2D eigenvalue weighted by molar-refractivity contribution is 7.80.